The van der Waals surface area contributed by atoms with Crippen molar-refractivity contribution in [1.82, 2.24) is 15.2 Å². The Balaban J connectivity index is 1.93. The van der Waals surface area contributed by atoms with Crippen LogP contribution < -0.4 is 10.6 Å². The number of benzene rings is 1. The van der Waals surface area contributed by atoms with Crippen molar-refractivity contribution in [1.29, 1.82) is 0 Å². The van der Waals surface area contributed by atoms with Crippen molar-refractivity contribution in [2.45, 2.75) is 6.54 Å². The second-order valence-corrected chi connectivity index (χ2v) is 5.87. The first kappa shape index (κ1) is 17.2. The van der Waals surface area contributed by atoms with Gasteiger partial charge >= 0.3 is 0 Å². The van der Waals surface area contributed by atoms with Crippen LogP contribution in [-0.4, -0.2) is 43.0 Å². The van der Waals surface area contributed by atoms with Gasteiger partial charge in [0, 0.05) is 37.1 Å². The number of amides is 1. The molecule has 0 bridgehead atoms. The molecule has 23 heavy (non-hydrogen) atoms. The molecule has 1 aromatic carbocycles. The fraction of sp³-hybridized carbons (Fsp3) is 0.294. The van der Waals surface area contributed by atoms with Gasteiger partial charge in [0.1, 0.15) is 0 Å². The lowest BCUT2D eigenvalue weighted by Gasteiger charge is -2.12. The largest absolute Gasteiger partial charge is 0.382 e. The molecule has 5 nitrogen and oxygen atoms in total. The summed E-state index contributed by atoms with van der Waals surface area (Å²) in [6.07, 6.45) is 3.26. The van der Waals surface area contributed by atoms with Crippen LogP contribution in [0.15, 0.2) is 42.7 Å². The van der Waals surface area contributed by atoms with E-state index >= 15 is 0 Å². The Morgan fingerprint density at radius 2 is 2.04 bits per heavy atom. The summed E-state index contributed by atoms with van der Waals surface area (Å²) in [4.78, 5) is 18.4. The number of anilines is 1. The molecule has 0 aliphatic carbocycles. The molecule has 2 N–H and O–H groups in total. The maximum Gasteiger partial charge on any atom is 0.253 e. The molecule has 0 saturated heterocycles. The second-order valence-electron chi connectivity index (χ2n) is 5.47. The lowest BCUT2D eigenvalue weighted by atomic mass is 10.2. The minimum Gasteiger partial charge on any atom is -0.382 e. The smallest absolute Gasteiger partial charge is 0.253 e. The van der Waals surface area contributed by atoms with Crippen LogP contribution in [0.2, 0.25) is 5.02 Å². The molecule has 0 spiro atoms. The number of hydrogen-bond acceptors (Lipinski definition) is 4. The first-order valence-corrected chi connectivity index (χ1v) is 7.79. The van der Waals surface area contributed by atoms with Crippen molar-refractivity contribution in [2.24, 2.45) is 0 Å². The number of hydrogen-bond donors (Lipinski definition) is 2. The van der Waals surface area contributed by atoms with E-state index in [2.05, 4.69) is 20.5 Å². The van der Waals surface area contributed by atoms with Gasteiger partial charge in [-0.2, -0.15) is 0 Å². The van der Waals surface area contributed by atoms with Crippen LogP contribution in [0.4, 0.5) is 5.69 Å². The van der Waals surface area contributed by atoms with E-state index in [4.69, 9.17) is 11.6 Å². The summed E-state index contributed by atoms with van der Waals surface area (Å²) < 4.78 is 0. The number of halogens is 1. The highest BCUT2D eigenvalue weighted by molar-refractivity contribution is 6.31. The molecular weight excluding hydrogens is 312 g/mol. The molecule has 0 atom stereocenters. The van der Waals surface area contributed by atoms with Crippen LogP contribution in [0.5, 0.6) is 0 Å². The maximum absolute atomic E-state index is 12.2. The molecule has 1 aromatic heterocycles. The van der Waals surface area contributed by atoms with Crippen LogP contribution in [0.3, 0.4) is 0 Å². The average Bonchev–Trinajstić information content (AvgIpc) is 2.54. The van der Waals surface area contributed by atoms with Gasteiger partial charge in [-0.25, -0.2) is 0 Å². The highest BCUT2D eigenvalue weighted by Gasteiger charge is 2.08. The van der Waals surface area contributed by atoms with E-state index in [-0.39, 0.29) is 5.91 Å². The fourth-order valence-corrected chi connectivity index (χ4v) is 2.21. The highest BCUT2D eigenvalue weighted by atomic mass is 35.5. The highest BCUT2D eigenvalue weighted by Crippen LogP contribution is 2.15. The summed E-state index contributed by atoms with van der Waals surface area (Å²) in [6.45, 7) is 2.08. The lowest BCUT2D eigenvalue weighted by molar-refractivity contribution is 0.0950. The van der Waals surface area contributed by atoms with E-state index in [1.54, 1.807) is 24.5 Å². The van der Waals surface area contributed by atoms with Crippen LogP contribution in [-0.2, 0) is 6.54 Å². The third-order valence-electron chi connectivity index (χ3n) is 3.29. The van der Waals surface area contributed by atoms with Crippen LogP contribution in [0.25, 0.3) is 0 Å². The van der Waals surface area contributed by atoms with Gasteiger partial charge in [0.15, 0.2) is 0 Å². The molecule has 0 fully saturated rings. The van der Waals surface area contributed by atoms with Crippen molar-refractivity contribution in [3.05, 3.63) is 58.9 Å². The number of likely N-dealkylation sites (N-methyl/N-ethyl adjacent to an activating group) is 1. The zero-order valence-electron chi connectivity index (χ0n) is 13.3. The Bertz CT molecular complexity index is 661. The van der Waals surface area contributed by atoms with Gasteiger partial charge in [-0.05, 0) is 31.8 Å². The third kappa shape index (κ3) is 5.54. The van der Waals surface area contributed by atoms with Gasteiger partial charge in [-0.3, -0.25) is 9.78 Å². The van der Waals surface area contributed by atoms with Crippen LogP contribution in [0.1, 0.15) is 15.9 Å². The number of nitrogens with zero attached hydrogens (tertiary/aromatic N) is 2. The monoisotopic (exact) mass is 332 g/mol. The molecule has 122 valence electrons. The minimum atomic E-state index is -0.173. The van der Waals surface area contributed by atoms with E-state index in [0.717, 1.165) is 24.3 Å². The molecule has 0 aliphatic heterocycles. The molecule has 0 unspecified atom stereocenters. The first-order valence-electron chi connectivity index (χ1n) is 7.41. The van der Waals surface area contributed by atoms with E-state index in [1.807, 2.05) is 32.3 Å². The van der Waals surface area contributed by atoms with Crippen molar-refractivity contribution in [3.63, 3.8) is 0 Å². The SMILES string of the molecule is CN(C)CCNc1cncc(C(=O)NCc2ccccc2Cl)c1. The zero-order chi connectivity index (χ0) is 16.7. The molecule has 6 heteroatoms. The van der Waals surface area contributed by atoms with Crippen LogP contribution in [0, 0.1) is 0 Å². The number of rotatable bonds is 7. The van der Waals surface area contributed by atoms with E-state index < -0.39 is 0 Å². The standard InChI is InChI=1S/C17H21ClN4O/c1-22(2)8-7-20-15-9-14(10-19-12-15)17(23)21-11-13-5-3-4-6-16(13)18/h3-6,9-10,12,20H,7-8,11H2,1-2H3,(H,21,23). The summed E-state index contributed by atoms with van der Waals surface area (Å²) in [7, 11) is 4.02. The summed E-state index contributed by atoms with van der Waals surface area (Å²) in [5, 5.41) is 6.75. The maximum atomic E-state index is 12.2. The molecule has 0 radical (unpaired) electrons. The van der Waals surface area contributed by atoms with E-state index in [0.29, 0.717) is 17.1 Å². The third-order valence-corrected chi connectivity index (χ3v) is 3.65. The van der Waals surface area contributed by atoms with Gasteiger partial charge in [0.25, 0.3) is 5.91 Å². The predicted octanol–water partition coefficient (Wildman–Crippen LogP) is 2.64. The van der Waals surface area contributed by atoms with E-state index in [1.165, 1.54) is 0 Å². The average molecular weight is 333 g/mol. The Morgan fingerprint density at radius 1 is 1.26 bits per heavy atom. The number of nitrogens with one attached hydrogen (secondary N) is 2. The molecule has 2 rings (SSSR count). The molecular formula is C17H21ClN4O. The summed E-state index contributed by atoms with van der Waals surface area (Å²) in [5.74, 6) is -0.173. The molecule has 2 aromatic rings. The number of carbonyl (C=O) groups excluding carboxylic acids is 1. The molecule has 0 aliphatic rings. The van der Waals surface area contributed by atoms with Crippen molar-refractivity contribution in [3.8, 4) is 0 Å². The topological polar surface area (TPSA) is 57.3 Å². The molecule has 0 saturated carbocycles. The molecule has 1 amide bonds. The summed E-state index contributed by atoms with van der Waals surface area (Å²) in [5.41, 5.74) is 2.24. The van der Waals surface area contributed by atoms with Gasteiger partial charge in [0.05, 0.1) is 11.3 Å². The van der Waals surface area contributed by atoms with Crippen molar-refractivity contribution in [2.75, 3.05) is 32.5 Å². The normalized spacial score (nSPS) is 10.6. The van der Waals surface area contributed by atoms with Crippen molar-refractivity contribution >= 4 is 23.2 Å². The van der Waals surface area contributed by atoms with Crippen molar-refractivity contribution < 1.29 is 4.79 Å². The Morgan fingerprint density at radius 3 is 2.78 bits per heavy atom. The summed E-state index contributed by atoms with van der Waals surface area (Å²) >= 11 is 6.08. The molecule has 1 heterocycles. The lowest BCUT2D eigenvalue weighted by Crippen LogP contribution is -2.24. The fourth-order valence-electron chi connectivity index (χ4n) is 2.00. The Kier molecular flexibility index (Phi) is 6.38. The Labute approximate surface area is 141 Å². The Hall–Kier alpha value is -2.11. The van der Waals surface area contributed by atoms with Crippen LogP contribution >= 0.6 is 11.6 Å². The van der Waals surface area contributed by atoms with Gasteiger partial charge in [-0.15, -0.1) is 0 Å². The van der Waals surface area contributed by atoms with Gasteiger partial charge < -0.3 is 15.5 Å². The van der Waals surface area contributed by atoms with E-state index in [9.17, 15) is 4.79 Å². The summed E-state index contributed by atoms with van der Waals surface area (Å²) in [6, 6.07) is 9.25. The minimum absolute atomic E-state index is 0.173. The first-order chi connectivity index (χ1) is 11.1. The number of aromatic nitrogens is 1. The number of carbonyl (C=O) groups is 1. The zero-order valence-corrected chi connectivity index (χ0v) is 14.1. The van der Waals surface area contributed by atoms with Gasteiger partial charge in [0.2, 0.25) is 0 Å². The quantitative estimate of drug-likeness (QED) is 0.818. The number of pyridine rings is 1. The predicted molar refractivity (Wildman–Crippen MR) is 93.9 cm³/mol. The second kappa shape index (κ2) is 8.50. The van der Waals surface area contributed by atoms with Gasteiger partial charge in [-0.1, -0.05) is 29.8 Å².